The van der Waals surface area contributed by atoms with Crippen LogP contribution in [0.5, 0.6) is 0 Å². The van der Waals surface area contributed by atoms with Crippen molar-refractivity contribution in [3.63, 3.8) is 0 Å². The second-order valence-electron chi connectivity index (χ2n) is 7.86. The van der Waals surface area contributed by atoms with Gasteiger partial charge in [0.15, 0.2) is 5.78 Å². The van der Waals surface area contributed by atoms with Gasteiger partial charge in [0, 0.05) is 36.1 Å². The summed E-state index contributed by atoms with van der Waals surface area (Å²) in [6.07, 6.45) is 4.65. The monoisotopic (exact) mass is 406 g/mol. The van der Waals surface area contributed by atoms with Crippen LogP contribution in [0.15, 0.2) is 18.2 Å². The van der Waals surface area contributed by atoms with Gasteiger partial charge in [-0.3, -0.25) is 4.79 Å². The molecular formula is C22H31ClN2O3. The molecular weight excluding hydrogens is 376 g/mol. The van der Waals surface area contributed by atoms with E-state index in [1.807, 2.05) is 25.1 Å². The summed E-state index contributed by atoms with van der Waals surface area (Å²) in [6, 6.07) is 6.05. The predicted octanol–water partition coefficient (Wildman–Crippen LogP) is 5.17. The number of H-pyrrole nitrogens is 1. The van der Waals surface area contributed by atoms with Gasteiger partial charge in [0.05, 0.1) is 23.0 Å². The summed E-state index contributed by atoms with van der Waals surface area (Å²) in [5.74, 6) is 0.356. The smallest absolute Gasteiger partial charge is 0.179 e. The lowest BCUT2D eigenvalue weighted by atomic mass is 9.93. The molecule has 1 aromatic carbocycles. The highest BCUT2D eigenvalue weighted by molar-refractivity contribution is 6.32. The van der Waals surface area contributed by atoms with Crippen molar-refractivity contribution < 1.29 is 14.6 Å². The Morgan fingerprint density at radius 1 is 1.36 bits per heavy atom. The van der Waals surface area contributed by atoms with E-state index in [0.29, 0.717) is 23.2 Å². The van der Waals surface area contributed by atoms with Crippen LogP contribution in [0.1, 0.15) is 62.9 Å². The van der Waals surface area contributed by atoms with E-state index >= 15 is 0 Å². The maximum Gasteiger partial charge on any atom is 0.179 e. The number of rotatable bonds is 9. The van der Waals surface area contributed by atoms with Crippen molar-refractivity contribution in [3.05, 3.63) is 28.9 Å². The summed E-state index contributed by atoms with van der Waals surface area (Å²) in [5.41, 5.74) is 2.49. The van der Waals surface area contributed by atoms with Crippen LogP contribution in [0.3, 0.4) is 0 Å². The van der Waals surface area contributed by atoms with Crippen molar-refractivity contribution in [1.29, 1.82) is 0 Å². The predicted molar refractivity (Wildman–Crippen MR) is 114 cm³/mol. The normalized spacial score (nSPS) is 17.6. The quantitative estimate of drug-likeness (QED) is 0.502. The fourth-order valence-corrected chi connectivity index (χ4v) is 4.21. The van der Waals surface area contributed by atoms with Crippen LogP contribution in [-0.4, -0.2) is 41.2 Å². The third kappa shape index (κ3) is 5.28. The number of aliphatic hydroxyl groups excluding tert-OH is 1. The van der Waals surface area contributed by atoms with Crippen LogP contribution in [0.25, 0.3) is 10.9 Å². The molecule has 1 aliphatic rings. The summed E-state index contributed by atoms with van der Waals surface area (Å²) in [6.45, 7) is 5.43. The first-order valence-electron chi connectivity index (χ1n) is 10.4. The van der Waals surface area contributed by atoms with E-state index in [1.165, 1.54) is 0 Å². The number of benzene rings is 1. The molecule has 6 heteroatoms. The van der Waals surface area contributed by atoms with Gasteiger partial charge < -0.3 is 20.1 Å². The second-order valence-corrected chi connectivity index (χ2v) is 8.29. The van der Waals surface area contributed by atoms with Gasteiger partial charge in [-0.15, -0.1) is 0 Å². The summed E-state index contributed by atoms with van der Waals surface area (Å²) >= 11 is 6.31. The summed E-state index contributed by atoms with van der Waals surface area (Å²) in [5, 5.41) is 14.9. The molecule has 5 nitrogen and oxygen atoms in total. The molecule has 28 heavy (non-hydrogen) atoms. The molecule has 0 bridgehead atoms. The highest BCUT2D eigenvalue weighted by Crippen LogP contribution is 2.30. The third-order valence-corrected chi connectivity index (χ3v) is 5.98. The topological polar surface area (TPSA) is 74.3 Å². The molecule has 0 spiro atoms. The van der Waals surface area contributed by atoms with E-state index in [-0.39, 0.29) is 17.8 Å². The molecule has 3 N–H and O–H groups in total. The Kier molecular flexibility index (Phi) is 7.38. The van der Waals surface area contributed by atoms with Gasteiger partial charge in [-0.05, 0) is 56.7 Å². The van der Waals surface area contributed by atoms with E-state index in [1.54, 1.807) is 0 Å². The Labute approximate surface area is 171 Å². The molecule has 3 rings (SSSR count). The van der Waals surface area contributed by atoms with Gasteiger partial charge in [-0.2, -0.15) is 0 Å². The number of hydrogen-bond acceptors (Lipinski definition) is 4. The van der Waals surface area contributed by atoms with Crippen molar-refractivity contribution >= 4 is 34.0 Å². The first-order valence-corrected chi connectivity index (χ1v) is 10.7. The van der Waals surface area contributed by atoms with Crippen LogP contribution in [0.2, 0.25) is 5.02 Å². The molecule has 0 aliphatic carbocycles. The van der Waals surface area contributed by atoms with Crippen LogP contribution in [0, 0.1) is 5.92 Å². The molecule has 1 aliphatic heterocycles. The van der Waals surface area contributed by atoms with Gasteiger partial charge in [0.2, 0.25) is 0 Å². The number of ketones is 1. The standard InChI is InChI=1S/C22H31ClN2O3/c1-3-15(14(2)26)5-4-6-21(27)19-12-16-11-17(23)13-20(22(16)25-19)24-18-7-9-28-10-8-18/h11-15,18,24-26H,3-10H2,1-2H3. The van der Waals surface area contributed by atoms with Crippen molar-refractivity contribution in [1.82, 2.24) is 4.98 Å². The van der Waals surface area contributed by atoms with E-state index in [4.69, 9.17) is 16.3 Å². The van der Waals surface area contributed by atoms with Crippen LogP contribution < -0.4 is 5.32 Å². The van der Waals surface area contributed by atoms with E-state index in [0.717, 1.165) is 61.9 Å². The number of anilines is 1. The maximum atomic E-state index is 12.7. The number of carbonyl (C=O) groups is 1. The Morgan fingerprint density at radius 3 is 2.79 bits per heavy atom. The largest absolute Gasteiger partial charge is 0.393 e. The lowest BCUT2D eigenvalue weighted by molar-refractivity contribution is 0.0905. The van der Waals surface area contributed by atoms with E-state index in [9.17, 15) is 9.90 Å². The molecule has 154 valence electrons. The third-order valence-electron chi connectivity index (χ3n) is 5.76. The highest BCUT2D eigenvalue weighted by Gasteiger charge is 2.18. The molecule has 2 heterocycles. The molecule has 0 radical (unpaired) electrons. The summed E-state index contributed by atoms with van der Waals surface area (Å²) < 4.78 is 5.43. The minimum absolute atomic E-state index is 0.102. The van der Waals surface area contributed by atoms with Crippen LogP contribution >= 0.6 is 11.6 Å². The number of nitrogens with one attached hydrogen (secondary N) is 2. The van der Waals surface area contributed by atoms with Gasteiger partial charge >= 0.3 is 0 Å². The fourth-order valence-electron chi connectivity index (χ4n) is 3.98. The lowest BCUT2D eigenvalue weighted by Crippen LogP contribution is -2.27. The first kappa shape index (κ1) is 21.2. The minimum Gasteiger partial charge on any atom is -0.393 e. The molecule has 0 amide bonds. The minimum atomic E-state index is -0.325. The first-order chi connectivity index (χ1) is 13.5. The van der Waals surface area contributed by atoms with Crippen molar-refractivity contribution in [2.45, 2.75) is 64.5 Å². The molecule has 1 fully saturated rings. The number of aromatic amines is 1. The number of aliphatic hydroxyl groups is 1. The Morgan fingerprint density at radius 2 is 2.11 bits per heavy atom. The lowest BCUT2D eigenvalue weighted by Gasteiger charge is -2.24. The number of aromatic nitrogens is 1. The average molecular weight is 407 g/mol. The zero-order chi connectivity index (χ0) is 20.1. The molecule has 2 unspecified atom stereocenters. The highest BCUT2D eigenvalue weighted by atomic mass is 35.5. The molecule has 2 atom stereocenters. The van der Waals surface area contributed by atoms with Crippen LogP contribution in [-0.2, 0) is 4.74 Å². The number of hydrogen-bond donors (Lipinski definition) is 3. The Bertz CT molecular complexity index is 796. The molecule has 0 saturated carbocycles. The van der Waals surface area contributed by atoms with E-state index in [2.05, 4.69) is 17.2 Å². The SMILES string of the molecule is CCC(CCCC(=O)c1cc2cc(Cl)cc(NC3CCOCC3)c2[nH]1)C(C)O. The maximum absolute atomic E-state index is 12.7. The van der Waals surface area contributed by atoms with Gasteiger partial charge in [0.1, 0.15) is 0 Å². The fraction of sp³-hybridized carbons (Fsp3) is 0.591. The number of Topliss-reactive ketones (excluding diaryl/α,β-unsaturated/α-hetero) is 1. The Balaban J connectivity index is 1.70. The Hall–Kier alpha value is -1.56. The van der Waals surface area contributed by atoms with Crippen molar-refractivity contribution in [2.75, 3.05) is 18.5 Å². The molecule has 1 saturated heterocycles. The van der Waals surface area contributed by atoms with Gasteiger partial charge in [0.25, 0.3) is 0 Å². The molecule has 1 aromatic heterocycles. The average Bonchev–Trinajstić information content (AvgIpc) is 3.10. The van der Waals surface area contributed by atoms with Crippen molar-refractivity contribution in [3.8, 4) is 0 Å². The van der Waals surface area contributed by atoms with Gasteiger partial charge in [-0.25, -0.2) is 0 Å². The van der Waals surface area contributed by atoms with Gasteiger partial charge in [-0.1, -0.05) is 24.9 Å². The number of fused-ring (bicyclic) bond motifs is 1. The second kappa shape index (κ2) is 9.77. The number of halogens is 1. The summed E-state index contributed by atoms with van der Waals surface area (Å²) in [4.78, 5) is 16.0. The zero-order valence-electron chi connectivity index (χ0n) is 16.8. The summed E-state index contributed by atoms with van der Waals surface area (Å²) in [7, 11) is 0. The van der Waals surface area contributed by atoms with Crippen molar-refractivity contribution in [2.24, 2.45) is 5.92 Å². The number of carbonyl (C=O) groups excluding carboxylic acids is 1. The molecule has 2 aromatic rings. The zero-order valence-corrected chi connectivity index (χ0v) is 17.5. The number of ether oxygens (including phenoxy) is 1. The van der Waals surface area contributed by atoms with Crippen LogP contribution in [0.4, 0.5) is 5.69 Å². The van der Waals surface area contributed by atoms with E-state index < -0.39 is 0 Å².